The van der Waals surface area contributed by atoms with Gasteiger partial charge >= 0.3 is 0 Å². The van der Waals surface area contributed by atoms with Crippen LogP contribution in [0, 0.1) is 18.3 Å². The summed E-state index contributed by atoms with van der Waals surface area (Å²) >= 11 is 3.00. The maximum absolute atomic E-state index is 9.22. The van der Waals surface area contributed by atoms with Crippen LogP contribution in [0.2, 0.25) is 0 Å². The van der Waals surface area contributed by atoms with E-state index in [2.05, 4.69) is 11.1 Å². The van der Waals surface area contributed by atoms with Crippen molar-refractivity contribution in [1.29, 1.82) is 5.26 Å². The van der Waals surface area contributed by atoms with E-state index in [0.717, 1.165) is 26.7 Å². The van der Waals surface area contributed by atoms with Crippen molar-refractivity contribution in [2.75, 3.05) is 5.73 Å². The van der Waals surface area contributed by atoms with Crippen LogP contribution in [0.25, 0.3) is 21.7 Å². The zero-order valence-corrected chi connectivity index (χ0v) is 12.4. The topological polar surface area (TPSA) is 62.7 Å². The Balaban J connectivity index is 2.28. The lowest BCUT2D eigenvalue weighted by atomic mass is 10.0. The average molecular weight is 297 g/mol. The van der Waals surface area contributed by atoms with Crippen LogP contribution in [0.1, 0.15) is 9.88 Å². The second kappa shape index (κ2) is 5.08. The van der Waals surface area contributed by atoms with Gasteiger partial charge in [0.15, 0.2) is 0 Å². The van der Waals surface area contributed by atoms with Gasteiger partial charge in [-0.2, -0.15) is 5.26 Å². The summed E-state index contributed by atoms with van der Waals surface area (Å²) in [5, 5.41) is 12.2. The Bertz CT molecular complexity index is 794. The van der Waals surface area contributed by atoms with E-state index in [9.17, 15) is 5.26 Å². The molecule has 0 fully saturated rings. The van der Waals surface area contributed by atoms with Crippen LogP contribution >= 0.6 is 22.7 Å². The van der Waals surface area contributed by atoms with Gasteiger partial charge in [-0.15, -0.1) is 22.7 Å². The van der Waals surface area contributed by atoms with Gasteiger partial charge in [-0.25, -0.2) is 4.98 Å². The number of aryl methyl sites for hydroxylation is 1. The van der Waals surface area contributed by atoms with Gasteiger partial charge in [-0.3, -0.25) is 0 Å². The minimum absolute atomic E-state index is 0.546. The number of anilines is 1. The van der Waals surface area contributed by atoms with Crippen molar-refractivity contribution in [2.24, 2.45) is 0 Å². The van der Waals surface area contributed by atoms with E-state index in [1.54, 1.807) is 11.3 Å². The molecule has 0 amide bonds. The van der Waals surface area contributed by atoms with E-state index in [4.69, 9.17) is 5.73 Å². The van der Waals surface area contributed by atoms with Gasteiger partial charge in [0.2, 0.25) is 0 Å². The zero-order valence-electron chi connectivity index (χ0n) is 10.8. The molecule has 0 spiro atoms. The highest BCUT2D eigenvalue weighted by Crippen LogP contribution is 2.44. The highest BCUT2D eigenvalue weighted by atomic mass is 32.1. The molecule has 2 N–H and O–H groups in total. The average Bonchev–Trinajstić information content (AvgIpc) is 3.03. The second-order valence-corrected chi connectivity index (χ2v) is 6.36. The summed E-state index contributed by atoms with van der Waals surface area (Å²) in [5.41, 5.74) is 9.52. The van der Waals surface area contributed by atoms with Crippen molar-refractivity contribution in [1.82, 2.24) is 4.98 Å². The monoisotopic (exact) mass is 297 g/mol. The summed E-state index contributed by atoms with van der Waals surface area (Å²) in [5.74, 6) is 0. The highest BCUT2D eigenvalue weighted by molar-refractivity contribution is 7.17. The largest absolute Gasteiger partial charge is 0.396 e. The fourth-order valence-electron chi connectivity index (χ4n) is 2.07. The van der Waals surface area contributed by atoms with Crippen LogP contribution in [0.5, 0.6) is 0 Å². The number of thiazole rings is 1. The Morgan fingerprint density at radius 1 is 1.25 bits per heavy atom. The fourth-order valence-corrected chi connectivity index (χ4v) is 3.75. The van der Waals surface area contributed by atoms with Gasteiger partial charge in [0.1, 0.15) is 10.9 Å². The van der Waals surface area contributed by atoms with Crippen LogP contribution in [0.15, 0.2) is 35.7 Å². The molecule has 0 aliphatic carbocycles. The molecule has 20 heavy (non-hydrogen) atoms. The minimum Gasteiger partial charge on any atom is -0.396 e. The third-order valence-electron chi connectivity index (χ3n) is 2.96. The number of nitriles is 1. The number of aromatic nitrogens is 1. The molecule has 0 atom stereocenters. The van der Waals surface area contributed by atoms with Gasteiger partial charge in [0, 0.05) is 10.9 Å². The molecular weight excluding hydrogens is 286 g/mol. The SMILES string of the molecule is Cc1nc(-c2sc(C#N)c(N)c2-c2ccccc2)cs1. The van der Waals surface area contributed by atoms with Crippen molar-refractivity contribution in [2.45, 2.75) is 6.92 Å². The van der Waals surface area contributed by atoms with Gasteiger partial charge in [-0.1, -0.05) is 30.3 Å². The molecule has 0 saturated carbocycles. The lowest BCUT2D eigenvalue weighted by Gasteiger charge is -2.03. The third kappa shape index (κ3) is 2.09. The number of rotatable bonds is 2. The number of thiophene rings is 1. The molecule has 0 aliphatic heterocycles. The van der Waals surface area contributed by atoms with Gasteiger partial charge in [0.25, 0.3) is 0 Å². The predicted molar refractivity (Wildman–Crippen MR) is 84.7 cm³/mol. The Hall–Kier alpha value is -2.16. The zero-order chi connectivity index (χ0) is 14.1. The van der Waals surface area contributed by atoms with Crippen LogP contribution in [0.3, 0.4) is 0 Å². The molecule has 1 aromatic carbocycles. The molecule has 0 saturated heterocycles. The van der Waals surface area contributed by atoms with E-state index in [0.29, 0.717) is 10.6 Å². The number of nitrogens with two attached hydrogens (primary N) is 1. The first-order valence-corrected chi connectivity index (χ1v) is 7.70. The number of hydrogen-bond donors (Lipinski definition) is 1. The summed E-state index contributed by atoms with van der Waals surface area (Å²) in [7, 11) is 0. The normalized spacial score (nSPS) is 10.4. The molecule has 0 aliphatic rings. The van der Waals surface area contributed by atoms with E-state index >= 15 is 0 Å². The van der Waals surface area contributed by atoms with Crippen LogP contribution in [0.4, 0.5) is 5.69 Å². The molecular formula is C15H11N3S2. The molecule has 98 valence electrons. The summed E-state index contributed by atoms with van der Waals surface area (Å²) in [6.45, 7) is 1.97. The quantitative estimate of drug-likeness (QED) is 0.767. The van der Waals surface area contributed by atoms with E-state index in [-0.39, 0.29) is 0 Å². The third-order valence-corrected chi connectivity index (χ3v) is 4.87. The molecule has 0 unspecified atom stereocenters. The van der Waals surface area contributed by atoms with Crippen molar-refractivity contribution in [3.8, 4) is 27.8 Å². The molecule has 0 radical (unpaired) electrons. The first-order valence-electron chi connectivity index (χ1n) is 6.01. The number of nitrogen functional groups attached to an aromatic ring is 1. The van der Waals surface area contributed by atoms with Gasteiger partial charge < -0.3 is 5.73 Å². The van der Waals surface area contributed by atoms with Crippen molar-refractivity contribution in [3.63, 3.8) is 0 Å². The smallest absolute Gasteiger partial charge is 0.129 e. The van der Waals surface area contributed by atoms with Crippen LogP contribution in [-0.4, -0.2) is 4.98 Å². The van der Waals surface area contributed by atoms with Crippen LogP contribution < -0.4 is 5.73 Å². The summed E-state index contributed by atoms with van der Waals surface area (Å²) in [4.78, 5) is 6.03. The number of benzene rings is 1. The van der Waals surface area contributed by atoms with E-state index in [1.807, 2.05) is 42.6 Å². The van der Waals surface area contributed by atoms with E-state index < -0.39 is 0 Å². The second-order valence-electron chi connectivity index (χ2n) is 4.28. The lowest BCUT2D eigenvalue weighted by molar-refractivity contribution is 1.31. The standard InChI is InChI=1S/C15H11N3S2/c1-9-18-11(8-19-9)15-13(10-5-3-2-4-6-10)14(17)12(7-16)20-15/h2-6,8H,17H2,1H3. The summed E-state index contributed by atoms with van der Waals surface area (Å²) < 4.78 is 0. The van der Waals surface area contributed by atoms with Crippen molar-refractivity contribution in [3.05, 3.63) is 45.6 Å². The Morgan fingerprint density at radius 3 is 2.60 bits per heavy atom. The summed E-state index contributed by atoms with van der Waals surface area (Å²) in [6, 6.07) is 12.1. The fraction of sp³-hybridized carbons (Fsp3) is 0.0667. The number of nitrogens with zero attached hydrogens (tertiary/aromatic N) is 2. The number of hydrogen-bond acceptors (Lipinski definition) is 5. The lowest BCUT2D eigenvalue weighted by Crippen LogP contribution is -1.89. The van der Waals surface area contributed by atoms with Gasteiger partial charge in [-0.05, 0) is 12.5 Å². The first-order chi connectivity index (χ1) is 9.70. The maximum Gasteiger partial charge on any atom is 0.129 e. The molecule has 3 rings (SSSR count). The van der Waals surface area contributed by atoms with E-state index in [1.165, 1.54) is 11.3 Å². The van der Waals surface area contributed by atoms with Crippen molar-refractivity contribution < 1.29 is 0 Å². The molecule has 3 nitrogen and oxygen atoms in total. The molecule has 0 bridgehead atoms. The Morgan fingerprint density at radius 2 is 2.00 bits per heavy atom. The van der Waals surface area contributed by atoms with Crippen molar-refractivity contribution >= 4 is 28.4 Å². The molecule has 2 heterocycles. The maximum atomic E-state index is 9.22. The predicted octanol–water partition coefficient (Wildman–Crippen LogP) is 4.30. The Labute approximate surface area is 125 Å². The Kier molecular flexibility index (Phi) is 3.26. The molecule has 5 heteroatoms. The highest BCUT2D eigenvalue weighted by Gasteiger charge is 2.20. The minimum atomic E-state index is 0.546. The summed E-state index contributed by atoms with van der Waals surface area (Å²) in [6.07, 6.45) is 0. The van der Waals surface area contributed by atoms with Crippen LogP contribution in [-0.2, 0) is 0 Å². The van der Waals surface area contributed by atoms with Gasteiger partial charge in [0.05, 0.1) is 21.3 Å². The first kappa shape index (κ1) is 12.9. The molecule has 2 aromatic heterocycles. The molecule has 3 aromatic rings.